The molecule has 4 heteroatoms. The van der Waals surface area contributed by atoms with E-state index in [1.165, 1.54) is 17.4 Å². The van der Waals surface area contributed by atoms with Gasteiger partial charge in [-0.1, -0.05) is 184 Å². The standard InChI is InChI=1S/C34H51P3Si/c1-32(2,3)35(29-20-14-11-15-21-29)26-38(10,27-36(33(4,5)6)30-22-16-12-17-23-30)28-37(34(7,8)9)31-24-18-13-19-25-31/h11-25H,26-28H2,1-10H3/t35-,36?,37?,38?/m1/s1. The van der Waals surface area contributed by atoms with Gasteiger partial charge in [0.1, 0.15) is 0 Å². The molecule has 38 heavy (non-hydrogen) atoms. The van der Waals surface area contributed by atoms with E-state index in [1.54, 1.807) is 15.9 Å². The Morgan fingerprint density at radius 2 is 0.632 bits per heavy atom. The van der Waals surface area contributed by atoms with Crippen molar-refractivity contribution in [2.45, 2.75) is 84.3 Å². The van der Waals surface area contributed by atoms with Gasteiger partial charge in [-0.25, -0.2) is 0 Å². The van der Waals surface area contributed by atoms with Crippen LogP contribution in [-0.4, -0.2) is 40.9 Å². The van der Waals surface area contributed by atoms with Crippen molar-refractivity contribution in [1.82, 2.24) is 0 Å². The first-order valence-electron chi connectivity index (χ1n) is 14.1. The van der Waals surface area contributed by atoms with E-state index < -0.39 is 8.07 Å². The SMILES string of the molecule is CC(C)(C)P(C[Si](C)(CP(c1ccccc1)C(C)(C)C)C[P@](c1ccccc1)C(C)(C)C)c1ccccc1. The predicted octanol–water partition coefficient (Wildman–Crippen LogP) is 9.50. The molecule has 0 aromatic heterocycles. The zero-order chi connectivity index (χ0) is 28.2. The second-order valence-corrected chi connectivity index (χ2v) is 29.6. The van der Waals surface area contributed by atoms with Gasteiger partial charge in [0.15, 0.2) is 0 Å². The lowest BCUT2D eigenvalue weighted by Crippen LogP contribution is -2.49. The lowest BCUT2D eigenvalue weighted by molar-refractivity contribution is 0.786. The number of benzene rings is 3. The average Bonchev–Trinajstić information content (AvgIpc) is 2.84. The largest absolute Gasteiger partial charge is 0.0725 e. The van der Waals surface area contributed by atoms with Crippen LogP contribution in [0.2, 0.25) is 6.55 Å². The van der Waals surface area contributed by atoms with Crippen LogP contribution in [0.15, 0.2) is 91.0 Å². The van der Waals surface area contributed by atoms with Gasteiger partial charge >= 0.3 is 0 Å². The van der Waals surface area contributed by atoms with Gasteiger partial charge in [-0.2, -0.15) is 0 Å². The third-order valence-corrected chi connectivity index (χ3v) is 27.8. The Morgan fingerprint density at radius 3 is 0.816 bits per heavy atom. The topological polar surface area (TPSA) is 0 Å². The van der Waals surface area contributed by atoms with Crippen molar-refractivity contribution < 1.29 is 0 Å². The Bertz CT molecular complexity index is 965. The van der Waals surface area contributed by atoms with E-state index in [-0.39, 0.29) is 23.8 Å². The van der Waals surface area contributed by atoms with Crippen LogP contribution >= 0.6 is 23.8 Å². The summed E-state index contributed by atoms with van der Waals surface area (Å²) < 4.78 is 0. The lowest BCUT2D eigenvalue weighted by Gasteiger charge is -2.46. The molecule has 3 rings (SSSR count). The fourth-order valence-corrected chi connectivity index (χ4v) is 30.1. The van der Waals surface area contributed by atoms with Crippen LogP contribution in [0.25, 0.3) is 0 Å². The van der Waals surface area contributed by atoms with Crippen LogP contribution < -0.4 is 15.9 Å². The van der Waals surface area contributed by atoms with Gasteiger partial charge in [-0.05, 0) is 48.7 Å². The zero-order valence-corrected chi connectivity index (χ0v) is 29.3. The molecule has 3 aromatic carbocycles. The highest BCUT2D eigenvalue weighted by molar-refractivity contribution is 7.75. The van der Waals surface area contributed by atoms with E-state index in [9.17, 15) is 0 Å². The minimum Gasteiger partial charge on any atom is -0.0725 e. The maximum atomic E-state index is 2.80. The third kappa shape index (κ3) is 8.83. The average molecular weight is 581 g/mol. The molecule has 0 nitrogen and oxygen atoms in total. The molecule has 0 aliphatic rings. The smallest absolute Gasteiger partial charge is 0.0642 e. The van der Waals surface area contributed by atoms with E-state index in [2.05, 4.69) is 160 Å². The summed E-state index contributed by atoms with van der Waals surface area (Å²) in [6, 6.07) is 34.6. The van der Waals surface area contributed by atoms with Gasteiger partial charge in [0.2, 0.25) is 0 Å². The Kier molecular flexibility index (Phi) is 10.7. The van der Waals surface area contributed by atoms with Gasteiger partial charge in [0.25, 0.3) is 0 Å². The maximum Gasteiger partial charge on any atom is 0.0642 e. The maximum absolute atomic E-state index is 2.80. The van der Waals surface area contributed by atoms with Gasteiger partial charge in [0, 0.05) is 0 Å². The van der Waals surface area contributed by atoms with Crippen molar-refractivity contribution in [3.63, 3.8) is 0 Å². The molecule has 206 valence electrons. The van der Waals surface area contributed by atoms with E-state index in [4.69, 9.17) is 0 Å². The van der Waals surface area contributed by atoms with Crippen molar-refractivity contribution in [3.8, 4) is 0 Å². The molecule has 2 unspecified atom stereocenters. The molecular formula is C34H51P3Si. The number of hydrogen-bond donors (Lipinski definition) is 0. The van der Waals surface area contributed by atoms with E-state index in [1.807, 2.05) is 0 Å². The van der Waals surface area contributed by atoms with Crippen molar-refractivity contribution in [1.29, 1.82) is 0 Å². The normalized spacial score (nSPS) is 16.9. The number of rotatable bonds is 9. The van der Waals surface area contributed by atoms with E-state index in [0.717, 1.165) is 0 Å². The minimum atomic E-state index is -1.73. The summed E-state index contributed by atoms with van der Waals surface area (Å²) in [6.07, 6.45) is 0. The highest BCUT2D eigenvalue weighted by atomic mass is 31.1. The molecule has 0 heterocycles. The molecule has 0 fully saturated rings. The number of hydrogen-bond acceptors (Lipinski definition) is 0. The van der Waals surface area contributed by atoms with Crippen LogP contribution in [0.1, 0.15) is 62.3 Å². The van der Waals surface area contributed by atoms with Gasteiger partial charge < -0.3 is 0 Å². The highest BCUT2D eigenvalue weighted by Crippen LogP contribution is 2.58. The third-order valence-electron chi connectivity index (χ3n) is 7.25. The molecule has 3 atom stereocenters. The van der Waals surface area contributed by atoms with E-state index in [0.29, 0.717) is 15.5 Å². The molecule has 0 radical (unpaired) electrons. The van der Waals surface area contributed by atoms with Crippen molar-refractivity contribution in [3.05, 3.63) is 91.0 Å². The van der Waals surface area contributed by atoms with Crippen LogP contribution in [0, 0.1) is 0 Å². The molecule has 0 saturated carbocycles. The van der Waals surface area contributed by atoms with Gasteiger partial charge in [-0.15, -0.1) is 0 Å². The molecule has 0 bridgehead atoms. The Labute approximate surface area is 239 Å². The first kappa shape index (κ1) is 31.7. The summed E-state index contributed by atoms with van der Waals surface area (Å²) in [5.74, 6) is 4.25. The summed E-state index contributed by atoms with van der Waals surface area (Å²) in [4.78, 5) is 0. The highest BCUT2D eigenvalue weighted by Gasteiger charge is 2.43. The van der Waals surface area contributed by atoms with Crippen LogP contribution in [0.5, 0.6) is 0 Å². The molecule has 0 saturated heterocycles. The van der Waals surface area contributed by atoms with Crippen LogP contribution in [0.3, 0.4) is 0 Å². The summed E-state index contributed by atoms with van der Waals surface area (Å²) in [6.45, 7) is 25.2. The van der Waals surface area contributed by atoms with Crippen molar-refractivity contribution in [2.24, 2.45) is 0 Å². The van der Waals surface area contributed by atoms with Crippen LogP contribution in [0.4, 0.5) is 0 Å². The quantitative estimate of drug-likeness (QED) is 0.175. The lowest BCUT2D eigenvalue weighted by atomic mass is 10.3. The molecule has 3 aromatic rings. The van der Waals surface area contributed by atoms with Gasteiger partial charge in [-0.3, -0.25) is 0 Å². The fraction of sp³-hybridized carbons (Fsp3) is 0.471. The molecule has 0 aliphatic carbocycles. The second kappa shape index (κ2) is 12.8. The fourth-order valence-electron chi connectivity index (χ4n) is 5.27. The van der Waals surface area contributed by atoms with Crippen molar-refractivity contribution >= 4 is 47.8 Å². The molecule has 0 aliphatic heterocycles. The molecule has 0 spiro atoms. The summed E-state index contributed by atoms with van der Waals surface area (Å²) in [7, 11) is -2.55. The molecule has 0 N–H and O–H groups in total. The molecular weight excluding hydrogens is 529 g/mol. The first-order valence-corrected chi connectivity index (χ1v) is 21.8. The second-order valence-electron chi connectivity index (χ2n) is 14.1. The summed E-state index contributed by atoms with van der Waals surface area (Å²) in [5, 5.41) is 5.65. The Hall–Kier alpha value is -0.833. The summed E-state index contributed by atoms with van der Waals surface area (Å²) in [5.41, 5.74) is 0. The Morgan fingerprint density at radius 1 is 0.421 bits per heavy atom. The summed E-state index contributed by atoms with van der Waals surface area (Å²) >= 11 is 0. The first-order chi connectivity index (χ1) is 17.6. The predicted molar refractivity (Wildman–Crippen MR) is 184 cm³/mol. The van der Waals surface area contributed by atoms with Crippen LogP contribution in [-0.2, 0) is 0 Å². The van der Waals surface area contributed by atoms with E-state index >= 15 is 0 Å². The Balaban J connectivity index is 2.13. The molecule has 0 amide bonds. The minimum absolute atomic E-state index is 0.273. The monoisotopic (exact) mass is 580 g/mol. The van der Waals surface area contributed by atoms with Gasteiger partial charge in [0.05, 0.1) is 8.07 Å². The van der Waals surface area contributed by atoms with Crippen molar-refractivity contribution in [2.75, 3.05) is 17.4 Å². The zero-order valence-electron chi connectivity index (χ0n) is 25.6.